The van der Waals surface area contributed by atoms with Gasteiger partial charge < -0.3 is 9.73 Å². The summed E-state index contributed by atoms with van der Waals surface area (Å²) >= 11 is 12.1. The summed E-state index contributed by atoms with van der Waals surface area (Å²) in [5.41, 5.74) is 1.70. The molecule has 6 nitrogen and oxygen atoms in total. The first kappa shape index (κ1) is 23.3. The minimum Gasteiger partial charge on any atom is -0.457 e. The first-order valence-electron chi connectivity index (χ1n) is 10.7. The fourth-order valence-electron chi connectivity index (χ4n) is 4.01. The van der Waals surface area contributed by atoms with E-state index in [2.05, 4.69) is 5.32 Å². The number of hydrogen-bond donors (Lipinski definition) is 1. The average Bonchev–Trinajstić information content (AvgIpc) is 3.36. The Labute approximate surface area is 215 Å². The molecule has 3 aromatic carbocycles. The van der Waals surface area contributed by atoms with Crippen molar-refractivity contribution >= 4 is 52.4 Å². The number of halogens is 2. The van der Waals surface area contributed by atoms with Crippen molar-refractivity contribution in [2.45, 2.75) is 0 Å². The van der Waals surface area contributed by atoms with E-state index in [0.717, 1.165) is 0 Å². The zero-order chi connectivity index (χ0) is 25.4. The number of amides is 1. The first-order chi connectivity index (χ1) is 17.4. The number of nitrogens with zero attached hydrogens (tertiary/aromatic N) is 1. The molecule has 0 fully saturated rings. The highest BCUT2D eigenvalue weighted by Crippen LogP contribution is 2.35. The third kappa shape index (κ3) is 4.01. The predicted molar refractivity (Wildman–Crippen MR) is 136 cm³/mol. The van der Waals surface area contributed by atoms with Crippen molar-refractivity contribution in [3.8, 4) is 17.4 Å². The lowest BCUT2D eigenvalue weighted by molar-refractivity contribution is -0.112. The van der Waals surface area contributed by atoms with E-state index in [4.69, 9.17) is 27.6 Å². The Kier molecular flexibility index (Phi) is 6.03. The predicted octanol–water partition coefficient (Wildman–Crippen LogP) is 6.57. The van der Waals surface area contributed by atoms with E-state index in [-0.39, 0.29) is 44.2 Å². The fourth-order valence-corrected chi connectivity index (χ4v) is 4.35. The van der Waals surface area contributed by atoms with Crippen LogP contribution in [0.5, 0.6) is 0 Å². The van der Waals surface area contributed by atoms with Crippen LogP contribution in [-0.4, -0.2) is 17.5 Å². The summed E-state index contributed by atoms with van der Waals surface area (Å²) in [6, 6.07) is 21.4. The Morgan fingerprint density at radius 3 is 2.25 bits per heavy atom. The molecular weight excluding hydrogens is 499 g/mol. The lowest BCUT2D eigenvalue weighted by atomic mass is 9.81. The minimum absolute atomic E-state index is 0.153. The standard InChI is InChI=1S/C28H14Cl2N2O4/c29-21-9-4-10-22(25(21)30)32-28(35)15(14-31)13-16-11-12-23(36-16)19-7-3-8-20-24(19)27(34)18-6-2-1-5-17(18)26(20)33/h1-13H,(H,32,35)/b15-13+. The van der Waals surface area contributed by atoms with Crippen molar-refractivity contribution in [1.82, 2.24) is 0 Å². The van der Waals surface area contributed by atoms with Crippen LogP contribution in [0.4, 0.5) is 5.69 Å². The zero-order valence-electron chi connectivity index (χ0n) is 18.3. The molecule has 1 aromatic heterocycles. The maximum atomic E-state index is 13.3. The van der Waals surface area contributed by atoms with Gasteiger partial charge in [0.2, 0.25) is 0 Å². The van der Waals surface area contributed by atoms with Gasteiger partial charge in [-0.05, 0) is 24.3 Å². The summed E-state index contributed by atoms with van der Waals surface area (Å²) in [5, 5.41) is 12.5. The van der Waals surface area contributed by atoms with Crippen LogP contribution in [-0.2, 0) is 4.79 Å². The van der Waals surface area contributed by atoms with Gasteiger partial charge in [0.1, 0.15) is 23.2 Å². The number of furan rings is 1. The maximum Gasteiger partial charge on any atom is 0.266 e. The maximum absolute atomic E-state index is 13.3. The molecular formula is C28H14Cl2N2O4. The number of carbonyl (C=O) groups excluding carboxylic acids is 3. The van der Waals surface area contributed by atoms with Crippen molar-refractivity contribution in [3.63, 3.8) is 0 Å². The second-order valence-corrected chi connectivity index (χ2v) is 8.64. The molecule has 1 N–H and O–H groups in total. The lowest BCUT2D eigenvalue weighted by Crippen LogP contribution is -2.21. The molecule has 1 heterocycles. The molecule has 0 unspecified atom stereocenters. The second kappa shape index (κ2) is 9.31. The highest BCUT2D eigenvalue weighted by molar-refractivity contribution is 6.44. The van der Waals surface area contributed by atoms with Crippen molar-refractivity contribution in [2.24, 2.45) is 0 Å². The third-order valence-corrected chi connectivity index (χ3v) is 6.52. The Bertz CT molecular complexity index is 1660. The first-order valence-corrected chi connectivity index (χ1v) is 11.4. The molecule has 0 aliphatic heterocycles. The number of hydrogen-bond acceptors (Lipinski definition) is 5. The number of fused-ring (bicyclic) bond motifs is 2. The number of anilines is 1. The van der Waals surface area contributed by atoms with Crippen LogP contribution in [0.1, 0.15) is 37.6 Å². The van der Waals surface area contributed by atoms with Gasteiger partial charge in [-0.3, -0.25) is 14.4 Å². The molecule has 0 bridgehead atoms. The molecule has 36 heavy (non-hydrogen) atoms. The molecule has 0 spiro atoms. The smallest absolute Gasteiger partial charge is 0.266 e. The summed E-state index contributed by atoms with van der Waals surface area (Å²) in [7, 11) is 0. The van der Waals surface area contributed by atoms with Crippen LogP contribution in [0.15, 0.2) is 82.8 Å². The molecule has 0 saturated carbocycles. The summed E-state index contributed by atoms with van der Waals surface area (Å²) < 4.78 is 5.86. The van der Waals surface area contributed by atoms with E-state index in [1.807, 2.05) is 6.07 Å². The molecule has 0 atom stereocenters. The molecule has 0 saturated heterocycles. The summed E-state index contributed by atoms with van der Waals surface area (Å²) in [6.45, 7) is 0. The monoisotopic (exact) mass is 512 g/mol. The van der Waals surface area contributed by atoms with Gasteiger partial charge >= 0.3 is 0 Å². The second-order valence-electron chi connectivity index (χ2n) is 7.86. The van der Waals surface area contributed by atoms with Gasteiger partial charge in [-0.25, -0.2) is 0 Å². The fraction of sp³-hybridized carbons (Fsp3) is 0. The van der Waals surface area contributed by atoms with Gasteiger partial charge in [-0.15, -0.1) is 0 Å². The summed E-state index contributed by atoms with van der Waals surface area (Å²) in [4.78, 5) is 38.9. The number of nitrogens with one attached hydrogen (secondary N) is 1. The number of nitriles is 1. The minimum atomic E-state index is -0.700. The van der Waals surface area contributed by atoms with Gasteiger partial charge in [0.05, 0.1) is 15.7 Å². The van der Waals surface area contributed by atoms with Crippen molar-refractivity contribution < 1.29 is 18.8 Å². The van der Waals surface area contributed by atoms with Crippen LogP contribution >= 0.6 is 23.2 Å². The van der Waals surface area contributed by atoms with Crippen molar-refractivity contribution in [3.05, 3.63) is 116 Å². The number of carbonyl (C=O) groups is 3. The normalized spacial score (nSPS) is 12.5. The van der Waals surface area contributed by atoms with Crippen LogP contribution in [0, 0.1) is 11.3 Å². The summed E-state index contributed by atoms with van der Waals surface area (Å²) in [6.07, 6.45) is 1.27. The molecule has 1 aliphatic carbocycles. The number of rotatable bonds is 4. The Morgan fingerprint density at radius 2 is 1.50 bits per heavy atom. The van der Waals surface area contributed by atoms with E-state index in [9.17, 15) is 19.6 Å². The quantitative estimate of drug-likeness (QED) is 0.216. The van der Waals surface area contributed by atoms with E-state index < -0.39 is 5.91 Å². The van der Waals surface area contributed by atoms with Gasteiger partial charge in [-0.1, -0.05) is 71.7 Å². The van der Waals surface area contributed by atoms with Crippen molar-refractivity contribution in [2.75, 3.05) is 5.32 Å². The highest BCUT2D eigenvalue weighted by atomic mass is 35.5. The Balaban J connectivity index is 1.48. The highest BCUT2D eigenvalue weighted by Gasteiger charge is 2.32. The summed E-state index contributed by atoms with van der Waals surface area (Å²) in [5.74, 6) is -0.693. The van der Waals surface area contributed by atoms with E-state index in [1.54, 1.807) is 72.8 Å². The number of benzene rings is 3. The molecule has 4 aromatic rings. The molecule has 0 radical (unpaired) electrons. The Morgan fingerprint density at radius 1 is 0.833 bits per heavy atom. The molecule has 1 aliphatic rings. The van der Waals surface area contributed by atoms with Gasteiger partial charge in [-0.2, -0.15) is 5.26 Å². The van der Waals surface area contributed by atoms with Gasteiger partial charge in [0, 0.05) is 33.9 Å². The third-order valence-electron chi connectivity index (χ3n) is 5.70. The lowest BCUT2D eigenvalue weighted by Gasteiger charge is -2.19. The zero-order valence-corrected chi connectivity index (χ0v) is 19.9. The SMILES string of the molecule is N#C/C(=C\c1ccc(-c2cccc3c2C(=O)c2ccccc2C3=O)o1)C(=O)Nc1cccc(Cl)c1Cl. The van der Waals surface area contributed by atoms with E-state index >= 15 is 0 Å². The van der Waals surface area contributed by atoms with E-state index in [1.165, 1.54) is 6.08 Å². The van der Waals surface area contributed by atoms with Crippen LogP contribution in [0.2, 0.25) is 10.0 Å². The van der Waals surface area contributed by atoms with E-state index in [0.29, 0.717) is 28.0 Å². The molecule has 8 heteroatoms. The van der Waals surface area contributed by atoms with Crippen LogP contribution in [0.3, 0.4) is 0 Å². The molecule has 5 rings (SSSR count). The largest absolute Gasteiger partial charge is 0.457 e. The number of ketones is 2. The van der Waals surface area contributed by atoms with Crippen LogP contribution in [0.25, 0.3) is 17.4 Å². The van der Waals surface area contributed by atoms with Gasteiger partial charge in [0.15, 0.2) is 11.6 Å². The van der Waals surface area contributed by atoms with Gasteiger partial charge in [0.25, 0.3) is 5.91 Å². The molecule has 174 valence electrons. The van der Waals surface area contributed by atoms with Crippen LogP contribution < -0.4 is 5.32 Å². The topological polar surface area (TPSA) is 100 Å². The van der Waals surface area contributed by atoms with Crippen molar-refractivity contribution in [1.29, 1.82) is 5.26 Å². The average molecular weight is 513 g/mol. The Hall–Kier alpha value is -4.44. The molecule has 1 amide bonds.